The van der Waals surface area contributed by atoms with E-state index in [1.165, 1.54) is 11.5 Å². The van der Waals surface area contributed by atoms with Gasteiger partial charge in [-0.1, -0.05) is 13.8 Å². The van der Waals surface area contributed by atoms with Gasteiger partial charge in [-0.3, -0.25) is 4.98 Å². The van der Waals surface area contributed by atoms with Crippen LogP contribution in [0.4, 0.5) is 5.13 Å². The molecule has 90 valence electrons. The molecule has 0 amide bonds. The molecule has 0 spiro atoms. The molecule has 0 atom stereocenters. The Bertz CT molecular complexity index is 482. The fourth-order valence-corrected chi connectivity index (χ4v) is 2.05. The second-order valence-electron chi connectivity index (χ2n) is 3.80. The highest BCUT2D eigenvalue weighted by molar-refractivity contribution is 9.10. The molecule has 1 N–H and O–H groups in total. The summed E-state index contributed by atoms with van der Waals surface area (Å²) in [7, 11) is 0. The third kappa shape index (κ3) is 3.44. The van der Waals surface area contributed by atoms with Gasteiger partial charge in [0.25, 0.3) is 0 Å². The first-order valence-corrected chi connectivity index (χ1v) is 6.75. The van der Waals surface area contributed by atoms with Gasteiger partial charge >= 0.3 is 0 Å². The Labute approximate surface area is 112 Å². The number of anilines is 1. The molecule has 2 aromatic heterocycles. The van der Waals surface area contributed by atoms with E-state index in [9.17, 15) is 0 Å². The predicted octanol–water partition coefficient (Wildman–Crippen LogP) is 2.83. The monoisotopic (exact) mass is 313 g/mol. The minimum Gasteiger partial charge on any atom is -0.355 e. The molecule has 2 heterocycles. The van der Waals surface area contributed by atoms with Crippen LogP contribution in [0.15, 0.2) is 17.0 Å². The van der Waals surface area contributed by atoms with E-state index in [4.69, 9.17) is 0 Å². The maximum atomic E-state index is 4.38. The van der Waals surface area contributed by atoms with E-state index in [1.807, 2.05) is 0 Å². The summed E-state index contributed by atoms with van der Waals surface area (Å²) < 4.78 is 5.00. The fraction of sp³-hybridized carbons (Fsp3) is 0.400. The summed E-state index contributed by atoms with van der Waals surface area (Å²) in [4.78, 5) is 12.7. The van der Waals surface area contributed by atoms with E-state index in [0.29, 0.717) is 12.5 Å². The molecule has 7 heteroatoms. The quantitative estimate of drug-likeness (QED) is 0.940. The van der Waals surface area contributed by atoms with Crippen molar-refractivity contribution < 1.29 is 0 Å². The van der Waals surface area contributed by atoms with Gasteiger partial charge in [0, 0.05) is 17.5 Å². The van der Waals surface area contributed by atoms with Gasteiger partial charge in [-0.15, -0.1) is 0 Å². The zero-order valence-corrected chi connectivity index (χ0v) is 11.9. The predicted molar refractivity (Wildman–Crippen MR) is 71.1 cm³/mol. The maximum Gasteiger partial charge on any atom is 0.202 e. The van der Waals surface area contributed by atoms with Crippen molar-refractivity contribution in [2.75, 3.05) is 5.32 Å². The van der Waals surface area contributed by atoms with Crippen LogP contribution >= 0.6 is 27.5 Å². The summed E-state index contributed by atoms with van der Waals surface area (Å²) in [5.74, 6) is 1.23. The van der Waals surface area contributed by atoms with Crippen molar-refractivity contribution in [3.05, 3.63) is 28.5 Å². The second kappa shape index (κ2) is 5.50. The Morgan fingerprint density at radius 1 is 1.35 bits per heavy atom. The van der Waals surface area contributed by atoms with E-state index in [1.54, 1.807) is 12.4 Å². The molecule has 0 saturated carbocycles. The minimum absolute atomic E-state index is 0.356. The van der Waals surface area contributed by atoms with Crippen LogP contribution in [0.3, 0.4) is 0 Å². The van der Waals surface area contributed by atoms with Crippen LogP contribution in [0, 0.1) is 0 Å². The van der Waals surface area contributed by atoms with Crippen LogP contribution in [-0.4, -0.2) is 19.3 Å². The van der Waals surface area contributed by atoms with Gasteiger partial charge in [0.15, 0.2) is 0 Å². The molecule has 0 radical (unpaired) electrons. The topological polar surface area (TPSA) is 63.6 Å². The zero-order valence-electron chi connectivity index (χ0n) is 9.51. The van der Waals surface area contributed by atoms with Gasteiger partial charge in [0.1, 0.15) is 10.4 Å². The Morgan fingerprint density at radius 3 is 2.76 bits per heavy atom. The highest BCUT2D eigenvalue weighted by Gasteiger charge is 2.07. The molecule has 0 aliphatic heterocycles. The molecule has 2 aromatic rings. The molecule has 0 fully saturated rings. The minimum atomic E-state index is 0.356. The van der Waals surface area contributed by atoms with E-state index in [2.05, 4.69) is 54.4 Å². The number of nitrogens with zero attached hydrogens (tertiary/aromatic N) is 4. The summed E-state index contributed by atoms with van der Waals surface area (Å²) in [6, 6.07) is 0. The standard InChI is InChI=1S/C10H12BrN5S/c1-6(2)9-15-10(17-16-9)14-4-7-3-13-8(11)5-12-7/h3,5-6H,4H2,1-2H3,(H,14,15,16). The highest BCUT2D eigenvalue weighted by Crippen LogP contribution is 2.17. The fourth-order valence-electron chi connectivity index (χ4n) is 1.14. The van der Waals surface area contributed by atoms with Gasteiger partial charge in [-0.2, -0.15) is 4.37 Å². The SMILES string of the molecule is CC(C)c1nsc(NCc2cnc(Br)cn2)n1. The normalized spacial score (nSPS) is 10.8. The molecule has 0 aliphatic rings. The molecule has 0 aromatic carbocycles. The van der Waals surface area contributed by atoms with Crippen molar-refractivity contribution >= 4 is 32.6 Å². The number of nitrogens with one attached hydrogen (secondary N) is 1. The Morgan fingerprint density at radius 2 is 2.18 bits per heavy atom. The van der Waals surface area contributed by atoms with Crippen LogP contribution in [0.5, 0.6) is 0 Å². The molecule has 0 aliphatic carbocycles. The van der Waals surface area contributed by atoms with E-state index < -0.39 is 0 Å². The molecule has 0 bridgehead atoms. The van der Waals surface area contributed by atoms with Gasteiger partial charge in [0.05, 0.1) is 24.6 Å². The van der Waals surface area contributed by atoms with E-state index in [0.717, 1.165) is 21.3 Å². The lowest BCUT2D eigenvalue weighted by molar-refractivity contribution is 0.799. The molecule has 2 rings (SSSR count). The molecular formula is C10H12BrN5S. The average molecular weight is 314 g/mol. The number of aromatic nitrogens is 4. The summed E-state index contributed by atoms with van der Waals surface area (Å²) in [5, 5.41) is 4.00. The Balaban J connectivity index is 1.95. The third-order valence-corrected chi connectivity index (χ3v) is 3.15. The van der Waals surface area contributed by atoms with E-state index >= 15 is 0 Å². The first-order chi connectivity index (χ1) is 8.15. The molecule has 17 heavy (non-hydrogen) atoms. The second-order valence-corrected chi connectivity index (χ2v) is 5.36. The average Bonchev–Trinajstić information content (AvgIpc) is 2.77. The molecule has 0 saturated heterocycles. The molecular weight excluding hydrogens is 302 g/mol. The lowest BCUT2D eigenvalue weighted by Gasteiger charge is -2.01. The Kier molecular flexibility index (Phi) is 4.01. The highest BCUT2D eigenvalue weighted by atomic mass is 79.9. The summed E-state index contributed by atoms with van der Waals surface area (Å²) in [6.07, 6.45) is 3.40. The lowest BCUT2D eigenvalue weighted by atomic mass is 10.2. The summed E-state index contributed by atoms with van der Waals surface area (Å²) >= 11 is 4.62. The Hall–Kier alpha value is -1.08. The van der Waals surface area contributed by atoms with Crippen LogP contribution in [0.2, 0.25) is 0 Å². The van der Waals surface area contributed by atoms with Crippen molar-refractivity contribution in [3.8, 4) is 0 Å². The molecule has 0 unspecified atom stereocenters. The first kappa shape index (κ1) is 12.4. The third-order valence-electron chi connectivity index (χ3n) is 2.05. The van der Waals surface area contributed by atoms with Crippen molar-refractivity contribution in [2.24, 2.45) is 0 Å². The zero-order chi connectivity index (χ0) is 12.3. The number of halogens is 1. The number of hydrogen-bond donors (Lipinski definition) is 1. The first-order valence-electron chi connectivity index (χ1n) is 5.19. The van der Waals surface area contributed by atoms with Crippen molar-refractivity contribution in [1.82, 2.24) is 19.3 Å². The summed E-state index contributed by atoms with van der Waals surface area (Å²) in [6.45, 7) is 4.76. The van der Waals surface area contributed by atoms with Crippen molar-refractivity contribution in [1.29, 1.82) is 0 Å². The maximum absolute atomic E-state index is 4.38. The molecule has 5 nitrogen and oxygen atoms in total. The lowest BCUT2D eigenvalue weighted by Crippen LogP contribution is -2.02. The van der Waals surface area contributed by atoms with Crippen molar-refractivity contribution in [2.45, 2.75) is 26.3 Å². The smallest absolute Gasteiger partial charge is 0.202 e. The van der Waals surface area contributed by atoms with Crippen LogP contribution in [0.1, 0.15) is 31.3 Å². The number of rotatable bonds is 4. The van der Waals surface area contributed by atoms with Gasteiger partial charge < -0.3 is 5.32 Å². The largest absolute Gasteiger partial charge is 0.355 e. The summed E-state index contributed by atoms with van der Waals surface area (Å²) in [5.41, 5.74) is 0.870. The van der Waals surface area contributed by atoms with Gasteiger partial charge in [0.2, 0.25) is 5.13 Å². The van der Waals surface area contributed by atoms with Crippen LogP contribution < -0.4 is 5.32 Å². The van der Waals surface area contributed by atoms with Crippen LogP contribution in [0.25, 0.3) is 0 Å². The number of hydrogen-bond acceptors (Lipinski definition) is 6. The van der Waals surface area contributed by atoms with Gasteiger partial charge in [-0.25, -0.2) is 9.97 Å². The van der Waals surface area contributed by atoms with Crippen molar-refractivity contribution in [3.63, 3.8) is 0 Å². The van der Waals surface area contributed by atoms with Gasteiger partial charge in [-0.05, 0) is 15.9 Å². The van der Waals surface area contributed by atoms with E-state index in [-0.39, 0.29) is 0 Å². The van der Waals surface area contributed by atoms with Crippen LogP contribution in [-0.2, 0) is 6.54 Å².